The maximum atomic E-state index is 15.2. The first-order chi connectivity index (χ1) is 14.5. The van der Waals surface area contributed by atoms with Gasteiger partial charge in [0.05, 0.1) is 11.2 Å². The number of aromatic nitrogens is 1. The minimum Gasteiger partial charge on any atom is -0.389 e. The molecule has 2 N–H and O–H groups in total. The lowest BCUT2D eigenvalue weighted by Gasteiger charge is -2.28. The number of fused-ring (bicyclic) bond motifs is 1. The largest absolute Gasteiger partial charge is 0.389 e. The minimum absolute atomic E-state index is 0.0250. The van der Waals surface area contributed by atoms with Crippen LogP contribution in [0, 0.1) is 17.2 Å². The molecule has 7 nitrogen and oxygen atoms in total. The summed E-state index contributed by atoms with van der Waals surface area (Å²) >= 11 is 0. The maximum Gasteiger partial charge on any atom is 0.351 e. The summed E-state index contributed by atoms with van der Waals surface area (Å²) in [6.07, 6.45) is 3.23. The predicted octanol–water partition coefficient (Wildman–Crippen LogP) is 2.99. The summed E-state index contributed by atoms with van der Waals surface area (Å²) in [5, 5.41) is 0.105. The number of carbonyl (C=O) groups is 2. The number of ether oxygens (including phenoxy) is 1. The fourth-order valence-corrected chi connectivity index (χ4v) is 4.81. The number of rotatable bonds is 4. The number of carbonyl (C=O) groups excluding carboxylic acids is 2. The van der Waals surface area contributed by atoms with Crippen LogP contribution < -0.4 is 16.1 Å². The Morgan fingerprint density at radius 2 is 1.97 bits per heavy atom. The van der Waals surface area contributed by atoms with Crippen molar-refractivity contribution in [2.45, 2.75) is 52.6 Å². The first kappa shape index (κ1) is 21.5. The summed E-state index contributed by atoms with van der Waals surface area (Å²) in [4.78, 5) is 38.4. The monoisotopic (exact) mass is 429 g/mol. The molecule has 1 aromatic heterocycles. The standard InChI is InChI=1S/C23H28FN3O4/c1-12(25)17-10-26(11-23(17,3)4)20-8-19-15(7-18(20)24)21(29)16(22(30)31-13(2)28)9-27(19)14-5-6-14/h7-9,12,14,17H,5-6,10-11,25H2,1-4H3. The van der Waals surface area contributed by atoms with Crippen molar-refractivity contribution in [1.82, 2.24) is 4.57 Å². The highest BCUT2D eigenvalue weighted by molar-refractivity contribution is 5.99. The zero-order chi connectivity index (χ0) is 22.7. The molecule has 4 rings (SSSR count). The van der Waals surface area contributed by atoms with Crippen molar-refractivity contribution in [2.75, 3.05) is 18.0 Å². The van der Waals surface area contributed by atoms with E-state index in [-0.39, 0.29) is 34.4 Å². The van der Waals surface area contributed by atoms with E-state index in [0.717, 1.165) is 19.8 Å². The van der Waals surface area contributed by atoms with E-state index in [2.05, 4.69) is 18.6 Å². The average molecular weight is 429 g/mol. The molecule has 0 amide bonds. The highest BCUT2D eigenvalue weighted by Crippen LogP contribution is 2.42. The lowest BCUT2D eigenvalue weighted by molar-refractivity contribution is -0.135. The van der Waals surface area contributed by atoms with Gasteiger partial charge in [-0.3, -0.25) is 9.59 Å². The molecule has 8 heteroatoms. The molecular formula is C23H28FN3O4. The second kappa shape index (κ2) is 7.44. The van der Waals surface area contributed by atoms with Crippen molar-refractivity contribution in [1.29, 1.82) is 0 Å². The molecule has 31 heavy (non-hydrogen) atoms. The normalized spacial score (nSPS) is 21.4. The van der Waals surface area contributed by atoms with Gasteiger partial charge in [0.15, 0.2) is 0 Å². The summed E-state index contributed by atoms with van der Waals surface area (Å²) in [7, 11) is 0. The van der Waals surface area contributed by atoms with Gasteiger partial charge in [-0.25, -0.2) is 9.18 Å². The van der Waals surface area contributed by atoms with Crippen molar-refractivity contribution >= 4 is 28.5 Å². The topological polar surface area (TPSA) is 94.6 Å². The van der Waals surface area contributed by atoms with Crippen LogP contribution in [0.2, 0.25) is 0 Å². The van der Waals surface area contributed by atoms with E-state index in [9.17, 15) is 14.4 Å². The van der Waals surface area contributed by atoms with Crippen LogP contribution >= 0.6 is 0 Å². The molecule has 0 spiro atoms. The molecule has 0 bridgehead atoms. The third-order valence-corrected chi connectivity index (χ3v) is 6.49. The molecule has 2 unspecified atom stereocenters. The fraction of sp³-hybridized carbons (Fsp3) is 0.522. The molecule has 166 valence electrons. The summed E-state index contributed by atoms with van der Waals surface area (Å²) in [5.41, 5.74) is 6.20. The van der Waals surface area contributed by atoms with Crippen LogP contribution in [0.25, 0.3) is 10.9 Å². The second-order valence-corrected chi connectivity index (χ2v) is 9.55. The third kappa shape index (κ3) is 3.84. The Labute approximate surface area is 180 Å². The predicted molar refractivity (Wildman–Crippen MR) is 116 cm³/mol. The van der Waals surface area contributed by atoms with Gasteiger partial charge in [0.25, 0.3) is 0 Å². The first-order valence-corrected chi connectivity index (χ1v) is 10.6. The van der Waals surface area contributed by atoms with Crippen LogP contribution in [0.3, 0.4) is 0 Å². The van der Waals surface area contributed by atoms with Crippen LogP contribution in [-0.2, 0) is 9.53 Å². The zero-order valence-corrected chi connectivity index (χ0v) is 18.3. The quantitative estimate of drug-likeness (QED) is 0.593. The van der Waals surface area contributed by atoms with Gasteiger partial charge in [0, 0.05) is 43.7 Å². The van der Waals surface area contributed by atoms with E-state index in [1.165, 1.54) is 12.3 Å². The van der Waals surface area contributed by atoms with E-state index in [4.69, 9.17) is 5.73 Å². The molecule has 2 atom stereocenters. The van der Waals surface area contributed by atoms with Crippen LogP contribution in [-0.4, -0.2) is 35.6 Å². The van der Waals surface area contributed by atoms with Crippen LogP contribution in [0.5, 0.6) is 0 Å². The molecule has 2 aliphatic rings. The molecule has 1 saturated heterocycles. The van der Waals surface area contributed by atoms with E-state index in [0.29, 0.717) is 24.3 Å². The Bertz CT molecular complexity index is 1130. The lowest BCUT2D eigenvalue weighted by atomic mass is 9.78. The number of anilines is 1. The highest BCUT2D eigenvalue weighted by atomic mass is 19.1. The molecule has 1 saturated carbocycles. The third-order valence-electron chi connectivity index (χ3n) is 6.49. The van der Waals surface area contributed by atoms with Gasteiger partial charge in [0.2, 0.25) is 5.43 Å². The van der Waals surface area contributed by atoms with Crippen LogP contribution in [0.15, 0.2) is 23.1 Å². The van der Waals surface area contributed by atoms with Crippen molar-refractivity contribution in [3.63, 3.8) is 0 Å². The molecule has 2 heterocycles. The van der Waals surface area contributed by atoms with Gasteiger partial charge in [-0.15, -0.1) is 0 Å². The summed E-state index contributed by atoms with van der Waals surface area (Å²) in [6.45, 7) is 8.61. The van der Waals surface area contributed by atoms with Gasteiger partial charge < -0.3 is 19.9 Å². The van der Waals surface area contributed by atoms with E-state index in [1.807, 2.05) is 16.4 Å². The van der Waals surface area contributed by atoms with Crippen LogP contribution in [0.4, 0.5) is 10.1 Å². The minimum atomic E-state index is -1.01. The molecule has 1 aliphatic heterocycles. The molecular weight excluding hydrogens is 401 g/mol. The SMILES string of the molecule is CC(=O)OC(=O)c1cn(C2CC2)c2cc(N3CC(C(C)N)C(C)(C)C3)c(F)cc2c1=O. The second-order valence-electron chi connectivity index (χ2n) is 9.55. The first-order valence-electron chi connectivity index (χ1n) is 10.6. The number of hydrogen-bond donors (Lipinski definition) is 1. The highest BCUT2D eigenvalue weighted by Gasteiger charge is 2.42. The van der Waals surface area contributed by atoms with Crippen molar-refractivity contribution in [3.8, 4) is 0 Å². The van der Waals surface area contributed by atoms with Crippen molar-refractivity contribution < 1.29 is 18.7 Å². The molecule has 1 aliphatic carbocycles. The van der Waals surface area contributed by atoms with Gasteiger partial charge in [0.1, 0.15) is 11.4 Å². The molecule has 1 aromatic carbocycles. The fourth-order valence-electron chi connectivity index (χ4n) is 4.81. The Morgan fingerprint density at radius 1 is 1.29 bits per heavy atom. The number of nitrogens with zero attached hydrogens (tertiary/aromatic N) is 2. The molecule has 0 radical (unpaired) electrons. The Hall–Kier alpha value is -2.74. The van der Waals surface area contributed by atoms with E-state index < -0.39 is 23.2 Å². The maximum absolute atomic E-state index is 15.2. The van der Waals surface area contributed by atoms with Gasteiger partial charge >= 0.3 is 11.9 Å². The summed E-state index contributed by atoms with van der Waals surface area (Å²) < 4.78 is 21.7. The van der Waals surface area contributed by atoms with E-state index >= 15 is 4.39 Å². The van der Waals surface area contributed by atoms with Crippen molar-refractivity contribution in [3.05, 3.63) is 39.9 Å². The Kier molecular flexibility index (Phi) is 5.16. The number of esters is 2. The lowest BCUT2D eigenvalue weighted by Crippen LogP contribution is -2.36. The Morgan fingerprint density at radius 3 is 2.52 bits per heavy atom. The number of halogens is 1. The average Bonchev–Trinajstić information content (AvgIpc) is 3.44. The number of nitrogens with two attached hydrogens (primary N) is 1. The Balaban J connectivity index is 1.84. The number of hydrogen-bond acceptors (Lipinski definition) is 6. The summed E-state index contributed by atoms with van der Waals surface area (Å²) in [6, 6.07) is 2.99. The van der Waals surface area contributed by atoms with Gasteiger partial charge in [-0.1, -0.05) is 13.8 Å². The smallest absolute Gasteiger partial charge is 0.351 e. The van der Waals surface area contributed by atoms with Gasteiger partial charge in [-0.05, 0) is 43.2 Å². The molecule has 2 fully saturated rings. The van der Waals surface area contributed by atoms with Crippen LogP contribution in [0.1, 0.15) is 56.9 Å². The van der Waals surface area contributed by atoms with Crippen molar-refractivity contribution in [2.24, 2.45) is 17.1 Å². The molecule has 2 aromatic rings. The van der Waals surface area contributed by atoms with E-state index in [1.54, 1.807) is 6.07 Å². The summed E-state index contributed by atoms with van der Waals surface area (Å²) in [5.74, 6) is -2.13. The number of benzene rings is 1. The van der Waals surface area contributed by atoms with Gasteiger partial charge in [-0.2, -0.15) is 0 Å². The zero-order valence-electron chi connectivity index (χ0n) is 18.3. The number of pyridine rings is 1.